The molecule has 0 radical (unpaired) electrons. The predicted molar refractivity (Wildman–Crippen MR) is 87.5 cm³/mol. The summed E-state index contributed by atoms with van der Waals surface area (Å²) in [6.45, 7) is 1.83. The second-order valence-electron chi connectivity index (χ2n) is 5.25. The van der Waals surface area contributed by atoms with Crippen LogP contribution in [0, 0.1) is 6.92 Å². The Morgan fingerprint density at radius 2 is 1.96 bits per heavy atom. The second-order valence-corrected chi connectivity index (χ2v) is 5.25. The molecule has 4 aromatic rings. The van der Waals surface area contributed by atoms with Gasteiger partial charge in [-0.25, -0.2) is 9.36 Å². The number of aromatic nitrogens is 7. The maximum atomic E-state index is 12.3. The quantitative estimate of drug-likeness (QED) is 0.598. The summed E-state index contributed by atoms with van der Waals surface area (Å²) < 4.78 is 1.40. The third-order valence-electron chi connectivity index (χ3n) is 3.71. The molecule has 24 heavy (non-hydrogen) atoms. The molecule has 0 unspecified atom stereocenters. The number of benzene rings is 1. The van der Waals surface area contributed by atoms with Crippen LogP contribution in [0.15, 0.2) is 53.5 Å². The first-order chi connectivity index (χ1) is 11.7. The molecule has 2 N–H and O–H groups in total. The van der Waals surface area contributed by atoms with E-state index in [1.165, 1.54) is 4.57 Å². The van der Waals surface area contributed by atoms with Gasteiger partial charge in [0, 0.05) is 23.0 Å². The monoisotopic (exact) mass is 319 g/mol. The number of nitrogens with zero attached hydrogens (tertiary/aromatic N) is 5. The van der Waals surface area contributed by atoms with E-state index in [9.17, 15) is 4.79 Å². The first-order valence-electron chi connectivity index (χ1n) is 7.31. The van der Waals surface area contributed by atoms with Crippen molar-refractivity contribution in [2.24, 2.45) is 0 Å². The Labute approximate surface area is 136 Å². The van der Waals surface area contributed by atoms with Crippen molar-refractivity contribution in [1.29, 1.82) is 0 Å². The molecular formula is C16H13N7O. The van der Waals surface area contributed by atoms with Gasteiger partial charge in [-0.05, 0) is 30.3 Å². The fourth-order valence-electron chi connectivity index (χ4n) is 2.69. The van der Waals surface area contributed by atoms with Gasteiger partial charge in [-0.2, -0.15) is 5.21 Å². The van der Waals surface area contributed by atoms with Crippen molar-refractivity contribution < 1.29 is 0 Å². The summed E-state index contributed by atoms with van der Waals surface area (Å²) in [5.41, 5.74) is 3.79. The topological polar surface area (TPSA) is 105 Å². The van der Waals surface area contributed by atoms with Crippen molar-refractivity contribution in [2.75, 3.05) is 0 Å². The lowest BCUT2D eigenvalue weighted by Gasteiger charge is -2.07. The van der Waals surface area contributed by atoms with Crippen LogP contribution in [0.1, 0.15) is 5.69 Å². The highest BCUT2D eigenvalue weighted by Crippen LogP contribution is 2.27. The summed E-state index contributed by atoms with van der Waals surface area (Å²) in [4.78, 5) is 19.4. The van der Waals surface area contributed by atoms with Crippen LogP contribution < -0.4 is 5.69 Å². The number of hydrogen-bond acceptors (Lipinski definition) is 5. The van der Waals surface area contributed by atoms with Gasteiger partial charge in [0.05, 0.1) is 11.4 Å². The smallest absolute Gasteiger partial charge is 0.309 e. The molecule has 0 atom stereocenters. The lowest BCUT2D eigenvalue weighted by Crippen LogP contribution is -2.17. The average molecular weight is 319 g/mol. The van der Waals surface area contributed by atoms with Gasteiger partial charge in [-0.1, -0.05) is 29.4 Å². The standard InChI is InChI=1S/C16H13N7O/c1-10-14(23(16(24)18-10)15-19-21-22-20-15)12-6-4-5-11(9-12)13-7-2-3-8-17-13/h2-9H,1H3,(H,18,24)(H,19,20,21,22). The van der Waals surface area contributed by atoms with Crippen molar-refractivity contribution in [3.63, 3.8) is 0 Å². The molecule has 0 amide bonds. The van der Waals surface area contributed by atoms with Crippen LogP contribution in [-0.2, 0) is 0 Å². The minimum Gasteiger partial charge on any atom is -0.309 e. The molecule has 0 aliphatic carbocycles. The number of H-pyrrole nitrogens is 2. The maximum absolute atomic E-state index is 12.3. The highest BCUT2D eigenvalue weighted by atomic mass is 16.1. The average Bonchev–Trinajstić information content (AvgIpc) is 3.23. The van der Waals surface area contributed by atoms with Gasteiger partial charge in [0.15, 0.2) is 0 Å². The Balaban J connectivity index is 1.91. The number of aryl methyl sites for hydroxylation is 1. The summed E-state index contributed by atoms with van der Waals surface area (Å²) >= 11 is 0. The van der Waals surface area contributed by atoms with Gasteiger partial charge in [0.2, 0.25) is 0 Å². The van der Waals surface area contributed by atoms with E-state index in [1.807, 2.05) is 49.4 Å². The van der Waals surface area contributed by atoms with Gasteiger partial charge < -0.3 is 4.98 Å². The van der Waals surface area contributed by atoms with Crippen molar-refractivity contribution in [3.8, 4) is 28.5 Å². The predicted octanol–water partition coefficient (Wildman–Crippen LogP) is 1.72. The zero-order valence-corrected chi connectivity index (χ0v) is 12.8. The van der Waals surface area contributed by atoms with Crippen LogP contribution in [0.25, 0.3) is 28.5 Å². The lowest BCUT2D eigenvalue weighted by atomic mass is 10.0. The summed E-state index contributed by atoms with van der Waals surface area (Å²) in [6, 6.07) is 13.6. The van der Waals surface area contributed by atoms with Gasteiger partial charge >= 0.3 is 5.69 Å². The van der Waals surface area contributed by atoms with Gasteiger partial charge in [0.25, 0.3) is 5.95 Å². The molecule has 8 nitrogen and oxygen atoms in total. The normalized spacial score (nSPS) is 10.9. The van der Waals surface area contributed by atoms with Crippen LogP contribution in [0.3, 0.4) is 0 Å². The zero-order chi connectivity index (χ0) is 16.5. The fourth-order valence-corrected chi connectivity index (χ4v) is 2.69. The largest absolute Gasteiger partial charge is 0.333 e. The van der Waals surface area contributed by atoms with Crippen molar-refractivity contribution in [1.82, 2.24) is 35.2 Å². The van der Waals surface area contributed by atoms with Crippen LogP contribution in [0.5, 0.6) is 0 Å². The molecule has 8 heteroatoms. The Hall–Kier alpha value is -3.55. The first kappa shape index (κ1) is 14.1. The number of nitrogens with one attached hydrogen (secondary N) is 2. The molecule has 0 aliphatic heterocycles. The van der Waals surface area contributed by atoms with Gasteiger partial charge in [-0.15, -0.1) is 5.10 Å². The number of aromatic amines is 2. The molecule has 0 spiro atoms. The molecule has 0 aliphatic rings. The molecule has 118 valence electrons. The van der Waals surface area contributed by atoms with E-state index in [-0.39, 0.29) is 11.6 Å². The number of imidazole rings is 1. The van der Waals surface area contributed by atoms with E-state index < -0.39 is 0 Å². The Morgan fingerprint density at radius 3 is 2.71 bits per heavy atom. The number of pyridine rings is 1. The van der Waals surface area contributed by atoms with E-state index in [0.29, 0.717) is 5.69 Å². The van der Waals surface area contributed by atoms with Gasteiger partial charge in [0.1, 0.15) is 0 Å². The molecule has 0 saturated heterocycles. The molecule has 0 fully saturated rings. The number of hydrogen-bond donors (Lipinski definition) is 2. The highest BCUT2D eigenvalue weighted by molar-refractivity contribution is 5.71. The summed E-state index contributed by atoms with van der Waals surface area (Å²) in [7, 11) is 0. The summed E-state index contributed by atoms with van der Waals surface area (Å²) in [5.74, 6) is 0.197. The summed E-state index contributed by atoms with van der Waals surface area (Å²) in [6.07, 6.45) is 1.75. The molecule has 0 bridgehead atoms. The lowest BCUT2D eigenvalue weighted by molar-refractivity contribution is 0.881. The van der Waals surface area contributed by atoms with E-state index in [2.05, 4.69) is 30.6 Å². The number of tetrazole rings is 1. The molecular weight excluding hydrogens is 306 g/mol. The second kappa shape index (κ2) is 5.58. The maximum Gasteiger partial charge on any atom is 0.333 e. The van der Waals surface area contributed by atoms with Gasteiger partial charge in [-0.3, -0.25) is 4.98 Å². The molecule has 3 aromatic heterocycles. The fraction of sp³-hybridized carbons (Fsp3) is 0.0625. The van der Waals surface area contributed by atoms with Crippen molar-refractivity contribution in [2.45, 2.75) is 6.92 Å². The highest BCUT2D eigenvalue weighted by Gasteiger charge is 2.17. The van der Waals surface area contributed by atoms with E-state index in [1.54, 1.807) is 6.20 Å². The van der Waals surface area contributed by atoms with Crippen molar-refractivity contribution in [3.05, 3.63) is 64.8 Å². The Bertz CT molecular complexity index is 1030. The Kier molecular flexibility index (Phi) is 3.27. The van der Waals surface area contributed by atoms with Crippen LogP contribution in [0.4, 0.5) is 0 Å². The SMILES string of the molecule is Cc1[nH]c(=O)n(-c2nn[nH]n2)c1-c1cccc(-c2ccccn2)c1. The van der Waals surface area contributed by atoms with E-state index >= 15 is 0 Å². The van der Waals surface area contributed by atoms with Crippen LogP contribution in [0.2, 0.25) is 0 Å². The van der Waals surface area contributed by atoms with E-state index in [4.69, 9.17) is 0 Å². The first-order valence-corrected chi connectivity index (χ1v) is 7.31. The van der Waals surface area contributed by atoms with Crippen LogP contribution >= 0.6 is 0 Å². The van der Waals surface area contributed by atoms with E-state index in [0.717, 1.165) is 22.5 Å². The van der Waals surface area contributed by atoms with Crippen molar-refractivity contribution >= 4 is 0 Å². The third-order valence-corrected chi connectivity index (χ3v) is 3.71. The minimum atomic E-state index is -0.313. The van der Waals surface area contributed by atoms with Crippen LogP contribution in [-0.4, -0.2) is 35.2 Å². The number of rotatable bonds is 3. The summed E-state index contributed by atoms with van der Waals surface area (Å²) in [5, 5.41) is 13.7. The molecule has 3 heterocycles. The molecule has 4 rings (SSSR count). The molecule has 1 aromatic carbocycles. The minimum absolute atomic E-state index is 0.197. The Morgan fingerprint density at radius 1 is 1.08 bits per heavy atom. The third kappa shape index (κ3) is 2.30. The molecule has 0 saturated carbocycles. The zero-order valence-electron chi connectivity index (χ0n) is 12.8.